The maximum Gasteiger partial charge on any atom is 0.137 e. The van der Waals surface area contributed by atoms with E-state index in [0.29, 0.717) is 17.4 Å². The zero-order chi connectivity index (χ0) is 13.0. The van der Waals surface area contributed by atoms with Crippen LogP contribution in [0.5, 0.6) is 5.75 Å². The van der Waals surface area contributed by atoms with Gasteiger partial charge < -0.3 is 9.84 Å². The van der Waals surface area contributed by atoms with Gasteiger partial charge in [0.05, 0.1) is 17.7 Å². The Hall–Kier alpha value is -1.03. The van der Waals surface area contributed by atoms with E-state index in [9.17, 15) is 5.11 Å². The van der Waals surface area contributed by atoms with E-state index in [1.54, 1.807) is 30.4 Å². The molecule has 0 radical (unpaired) electrons. The Morgan fingerprint density at radius 2 is 2.22 bits per heavy atom. The van der Waals surface area contributed by atoms with Gasteiger partial charge in [-0.05, 0) is 36.1 Å². The van der Waals surface area contributed by atoms with E-state index in [-0.39, 0.29) is 0 Å². The van der Waals surface area contributed by atoms with Crippen LogP contribution >= 0.6 is 22.9 Å². The Labute approximate surface area is 116 Å². The summed E-state index contributed by atoms with van der Waals surface area (Å²) < 4.78 is 5.64. The van der Waals surface area contributed by atoms with Crippen molar-refractivity contribution in [3.05, 3.63) is 51.2 Å². The zero-order valence-corrected chi connectivity index (χ0v) is 11.7. The van der Waals surface area contributed by atoms with E-state index < -0.39 is 6.10 Å². The third-order valence-corrected chi connectivity index (χ3v) is 3.86. The van der Waals surface area contributed by atoms with Crippen molar-refractivity contribution in [2.75, 3.05) is 6.61 Å². The Morgan fingerprint density at radius 3 is 2.83 bits per heavy atom. The van der Waals surface area contributed by atoms with Crippen molar-refractivity contribution in [2.24, 2.45) is 0 Å². The Morgan fingerprint density at radius 1 is 1.39 bits per heavy atom. The minimum atomic E-state index is -0.511. The van der Waals surface area contributed by atoms with E-state index >= 15 is 0 Å². The molecule has 1 aromatic carbocycles. The number of thiophene rings is 1. The van der Waals surface area contributed by atoms with Crippen LogP contribution in [0.15, 0.2) is 35.7 Å². The largest absolute Gasteiger partial charge is 0.492 e. The Kier molecular flexibility index (Phi) is 4.64. The summed E-state index contributed by atoms with van der Waals surface area (Å²) in [6, 6.07) is 9.50. The van der Waals surface area contributed by atoms with Gasteiger partial charge in [0, 0.05) is 11.3 Å². The first-order valence-electron chi connectivity index (χ1n) is 5.79. The second kappa shape index (κ2) is 6.23. The van der Waals surface area contributed by atoms with Crippen LogP contribution in [-0.4, -0.2) is 11.7 Å². The maximum atomic E-state index is 9.44. The number of aliphatic hydroxyl groups excluding tert-OH is 1. The highest BCUT2D eigenvalue weighted by Gasteiger charge is 2.06. The van der Waals surface area contributed by atoms with Crippen molar-refractivity contribution in [1.82, 2.24) is 0 Å². The van der Waals surface area contributed by atoms with E-state index in [1.807, 2.05) is 12.1 Å². The topological polar surface area (TPSA) is 29.5 Å². The average molecular weight is 283 g/mol. The normalized spacial score (nSPS) is 12.4. The highest BCUT2D eigenvalue weighted by molar-refractivity contribution is 7.09. The summed E-state index contributed by atoms with van der Waals surface area (Å²) >= 11 is 7.82. The molecule has 2 rings (SSSR count). The molecule has 1 atom stereocenters. The van der Waals surface area contributed by atoms with E-state index in [1.165, 1.54) is 4.88 Å². The first kappa shape index (κ1) is 13.4. The van der Waals surface area contributed by atoms with Crippen LogP contribution in [0.4, 0.5) is 0 Å². The van der Waals surface area contributed by atoms with Gasteiger partial charge in [-0.25, -0.2) is 0 Å². The van der Waals surface area contributed by atoms with Crippen LogP contribution in [0.25, 0.3) is 0 Å². The van der Waals surface area contributed by atoms with Gasteiger partial charge in [0.2, 0.25) is 0 Å². The van der Waals surface area contributed by atoms with Crippen molar-refractivity contribution in [3.63, 3.8) is 0 Å². The van der Waals surface area contributed by atoms with Gasteiger partial charge in [-0.15, -0.1) is 11.3 Å². The summed E-state index contributed by atoms with van der Waals surface area (Å²) in [5, 5.41) is 12.0. The van der Waals surface area contributed by atoms with Crippen LogP contribution in [-0.2, 0) is 6.42 Å². The number of hydrogen-bond donors (Lipinski definition) is 1. The monoisotopic (exact) mass is 282 g/mol. The molecule has 0 fully saturated rings. The number of benzene rings is 1. The second-order valence-electron chi connectivity index (χ2n) is 4.04. The molecule has 0 aliphatic heterocycles. The fourth-order valence-corrected chi connectivity index (χ4v) is 2.54. The molecule has 96 valence electrons. The number of hydrogen-bond acceptors (Lipinski definition) is 3. The van der Waals surface area contributed by atoms with Crippen molar-refractivity contribution in [1.29, 1.82) is 0 Å². The predicted molar refractivity (Wildman–Crippen MR) is 75.6 cm³/mol. The van der Waals surface area contributed by atoms with Crippen LogP contribution in [0.3, 0.4) is 0 Å². The fourth-order valence-electron chi connectivity index (χ4n) is 1.61. The molecule has 1 aromatic heterocycles. The first-order valence-corrected chi connectivity index (χ1v) is 7.05. The molecule has 4 heteroatoms. The van der Waals surface area contributed by atoms with E-state index in [0.717, 1.165) is 12.0 Å². The van der Waals surface area contributed by atoms with E-state index in [2.05, 4.69) is 11.4 Å². The van der Waals surface area contributed by atoms with Gasteiger partial charge in [0.25, 0.3) is 0 Å². The number of ether oxygens (including phenoxy) is 1. The summed E-state index contributed by atoms with van der Waals surface area (Å²) in [6.45, 7) is 2.32. The lowest BCUT2D eigenvalue weighted by Crippen LogP contribution is -2.01. The van der Waals surface area contributed by atoms with Gasteiger partial charge in [0.1, 0.15) is 5.75 Å². The highest BCUT2D eigenvalue weighted by Crippen LogP contribution is 2.28. The van der Waals surface area contributed by atoms with Gasteiger partial charge in [-0.2, -0.15) is 0 Å². The molecule has 2 nitrogen and oxygen atoms in total. The quantitative estimate of drug-likeness (QED) is 0.895. The number of aliphatic hydroxyl groups is 1. The molecule has 0 saturated heterocycles. The van der Waals surface area contributed by atoms with Crippen LogP contribution in [0.2, 0.25) is 5.02 Å². The van der Waals surface area contributed by atoms with Crippen molar-refractivity contribution < 1.29 is 9.84 Å². The maximum absolute atomic E-state index is 9.44. The molecular weight excluding hydrogens is 268 g/mol. The molecule has 18 heavy (non-hydrogen) atoms. The molecule has 0 aliphatic rings. The lowest BCUT2D eigenvalue weighted by Gasteiger charge is -2.10. The molecule has 0 aliphatic carbocycles. The summed E-state index contributed by atoms with van der Waals surface area (Å²) in [7, 11) is 0. The SMILES string of the molecule is CC(O)c1ccc(OCCc2cccs2)c(Cl)c1. The molecule has 0 saturated carbocycles. The smallest absolute Gasteiger partial charge is 0.137 e. The summed E-state index contributed by atoms with van der Waals surface area (Å²) in [5.74, 6) is 0.664. The minimum Gasteiger partial charge on any atom is -0.492 e. The molecule has 0 spiro atoms. The van der Waals surface area contributed by atoms with Crippen LogP contribution in [0.1, 0.15) is 23.5 Å². The first-order chi connectivity index (χ1) is 8.66. The third kappa shape index (κ3) is 3.48. The lowest BCUT2D eigenvalue weighted by atomic mass is 10.1. The Balaban J connectivity index is 1.93. The van der Waals surface area contributed by atoms with Crippen molar-refractivity contribution >= 4 is 22.9 Å². The molecule has 1 unspecified atom stereocenters. The van der Waals surface area contributed by atoms with Crippen LogP contribution in [0, 0.1) is 0 Å². The zero-order valence-electron chi connectivity index (χ0n) is 10.1. The van der Waals surface area contributed by atoms with Crippen molar-refractivity contribution in [3.8, 4) is 5.75 Å². The Bertz CT molecular complexity index is 495. The third-order valence-electron chi connectivity index (χ3n) is 2.62. The summed E-state index contributed by atoms with van der Waals surface area (Å²) in [4.78, 5) is 1.30. The standard InChI is InChI=1S/C14H15ClO2S/c1-10(16)11-4-5-14(13(15)9-11)17-7-6-12-3-2-8-18-12/h2-5,8-10,16H,6-7H2,1H3. The molecule has 1 heterocycles. The van der Waals surface area contributed by atoms with E-state index in [4.69, 9.17) is 16.3 Å². The summed E-state index contributed by atoms with van der Waals surface area (Å²) in [6.07, 6.45) is 0.370. The fraction of sp³-hybridized carbons (Fsp3) is 0.286. The molecule has 1 N–H and O–H groups in total. The van der Waals surface area contributed by atoms with Gasteiger partial charge in [-0.1, -0.05) is 23.7 Å². The lowest BCUT2D eigenvalue weighted by molar-refractivity contribution is 0.199. The average Bonchev–Trinajstić information content (AvgIpc) is 2.84. The predicted octanol–water partition coefficient (Wildman–Crippen LogP) is 4.08. The van der Waals surface area contributed by atoms with Gasteiger partial charge >= 0.3 is 0 Å². The van der Waals surface area contributed by atoms with Crippen molar-refractivity contribution in [2.45, 2.75) is 19.4 Å². The summed E-state index contributed by atoms with van der Waals surface area (Å²) in [5.41, 5.74) is 0.797. The van der Waals surface area contributed by atoms with Gasteiger partial charge in [0.15, 0.2) is 0 Å². The number of halogens is 1. The van der Waals surface area contributed by atoms with Gasteiger partial charge in [-0.3, -0.25) is 0 Å². The molecule has 0 amide bonds. The van der Waals surface area contributed by atoms with Crippen LogP contribution < -0.4 is 4.74 Å². The molecular formula is C14H15ClO2S. The number of rotatable bonds is 5. The molecule has 0 bridgehead atoms. The minimum absolute atomic E-state index is 0.511. The highest BCUT2D eigenvalue weighted by atomic mass is 35.5. The second-order valence-corrected chi connectivity index (χ2v) is 5.48. The molecule has 2 aromatic rings.